The van der Waals surface area contributed by atoms with E-state index < -0.39 is 5.91 Å². The van der Waals surface area contributed by atoms with Crippen LogP contribution in [0.4, 0.5) is 0 Å². The highest BCUT2D eigenvalue weighted by molar-refractivity contribution is 5.84. The maximum atomic E-state index is 9.47. The van der Waals surface area contributed by atoms with E-state index in [1.807, 2.05) is 0 Å². The molecule has 0 unspecified atom stereocenters. The zero-order chi connectivity index (χ0) is 11.4. The van der Waals surface area contributed by atoms with Gasteiger partial charge in [0.2, 0.25) is 5.91 Å². The Kier molecular flexibility index (Phi) is 17.8. The van der Waals surface area contributed by atoms with Crippen molar-refractivity contribution in [1.82, 2.24) is 0 Å². The molecule has 76 valence electrons. The van der Waals surface area contributed by atoms with E-state index in [4.69, 9.17) is 0 Å². The molecule has 0 aliphatic carbocycles. The molecule has 0 aromatic rings. The van der Waals surface area contributed by atoms with Crippen molar-refractivity contribution >= 4 is 17.5 Å². The third-order valence-electron chi connectivity index (χ3n) is 0.201. The molecule has 0 saturated carbocycles. The molecule has 0 bridgehead atoms. The highest BCUT2D eigenvalue weighted by atomic mass is 16.1. The quantitative estimate of drug-likeness (QED) is 0.618. The molecule has 0 aromatic heterocycles. The zero-order valence-corrected chi connectivity index (χ0v) is 8.59. The largest absolute Gasteiger partial charge is 0.366 e. The molecule has 0 heterocycles. The molecule has 0 aromatic carbocycles. The number of carbonyl (C=O) groups is 3. The molecule has 2 N–H and O–H groups in total. The average Bonchev–Trinajstić information content (AvgIpc) is 1.84. The van der Waals surface area contributed by atoms with E-state index in [2.05, 4.69) is 12.3 Å². The second-order valence-corrected chi connectivity index (χ2v) is 2.42. The minimum Gasteiger partial charge on any atom is -0.366 e. The first-order valence-electron chi connectivity index (χ1n) is 3.60. The molecular formula is C9H17NO3. The van der Waals surface area contributed by atoms with Crippen molar-refractivity contribution in [3.8, 4) is 0 Å². The van der Waals surface area contributed by atoms with Crippen LogP contribution < -0.4 is 5.73 Å². The van der Waals surface area contributed by atoms with Gasteiger partial charge in [0, 0.05) is 0 Å². The Morgan fingerprint density at radius 3 is 1.08 bits per heavy atom. The van der Waals surface area contributed by atoms with Gasteiger partial charge in [-0.3, -0.25) is 4.79 Å². The molecule has 1 amide bonds. The van der Waals surface area contributed by atoms with Crippen molar-refractivity contribution in [2.24, 2.45) is 5.73 Å². The molecule has 0 saturated heterocycles. The van der Waals surface area contributed by atoms with Crippen LogP contribution in [0.1, 0.15) is 27.7 Å². The number of Topliss-reactive ketones (excluding diaryl/α,β-unsaturated/α-hetero) is 2. The maximum absolute atomic E-state index is 9.47. The summed E-state index contributed by atoms with van der Waals surface area (Å²) in [6.45, 7) is 9.20. The maximum Gasteiger partial charge on any atom is 0.240 e. The second kappa shape index (κ2) is 13.2. The monoisotopic (exact) mass is 187 g/mol. The molecule has 4 heteroatoms. The number of ketones is 2. The Labute approximate surface area is 78.8 Å². The van der Waals surface area contributed by atoms with Crippen LogP contribution in [-0.4, -0.2) is 17.5 Å². The van der Waals surface area contributed by atoms with E-state index in [1.165, 1.54) is 27.7 Å². The summed E-state index contributed by atoms with van der Waals surface area (Å²) in [5, 5.41) is 0. The fourth-order valence-electron chi connectivity index (χ4n) is 0. The van der Waals surface area contributed by atoms with Gasteiger partial charge in [-0.05, 0) is 33.8 Å². The Morgan fingerprint density at radius 2 is 1.08 bits per heavy atom. The minimum atomic E-state index is -0.481. The first-order chi connectivity index (χ1) is 5.73. The number of hydrogen-bond acceptors (Lipinski definition) is 3. The number of carbonyl (C=O) groups excluding carboxylic acids is 3. The Morgan fingerprint density at radius 1 is 1.00 bits per heavy atom. The molecule has 13 heavy (non-hydrogen) atoms. The molecular weight excluding hydrogens is 170 g/mol. The lowest BCUT2D eigenvalue weighted by Crippen LogP contribution is -2.04. The van der Waals surface area contributed by atoms with Gasteiger partial charge < -0.3 is 15.3 Å². The van der Waals surface area contributed by atoms with Crippen molar-refractivity contribution < 1.29 is 14.4 Å². The summed E-state index contributed by atoms with van der Waals surface area (Å²) in [7, 11) is 0. The first-order valence-corrected chi connectivity index (χ1v) is 3.60. The van der Waals surface area contributed by atoms with Crippen molar-refractivity contribution in [2.45, 2.75) is 27.7 Å². The predicted octanol–water partition coefficient (Wildman–Crippen LogP) is 0.848. The third-order valence-corrected chi connectivity index (χ3v) is 0.201. The molecule has 0 aliphatic rings. The Bertz CT molecular complexity index is 165. The zero-order valence-electron chi connectivity index (χ0n) is 8.59. The van der Waals surface area contributed by atoms with Gasteiger partial charge in [0.15, 0.2) is 0 Å². The van der Waals surface area contributed by atoms with Crippen molar-refractivity contribution in [1.29, 1.82) is 0 Å². The number of amides is 1. The standard InChI is InChI=1S/C3H5NO.2C3H6O/c1-2-3(4)5;2*1-3(2)4/h2H,1H2,(H2,4,5);2*1-2H3. The summed E-state index contributed by atoms with van der Waals surface area (Å²) in [6, 6.07) is 0. The number of nitrogens with two attached hydrogens (primary N) is 1. The molecule has 0 radical (unpaired) electrons. The van der Waals surface area contributed by atoms with Crippen LogP contribution in [0.5, 0.6) is 0 Å². The molecule has 0 atom stereocenters. The smallest absolute Gasteiger partial charge is 0.240 e. The first kappa shape index (κ1) is 17.6. The topological polar surface area (TPSA) is 77.2 Å². The van der Waals surface area contributed by atoms with Gasteiger partial charge in [0.1, 0.15) is 11.6 Å². The number of primary amides is 1. The Balaban J connectivity index is -0.000000117. The van der Waals surface area contributed by atoms with Gasteiger partial charge in [-0.25, -0.2) is 0 Å². The Hall–Kier alpha value is -1.45. The van der Waals surface area contributed by atoms with E-state index >= 15 is 0 Å². The average molecular weight is 187 g/mol. The summed E-state index contributed by atoms with van der Waals surface area (Å²) in [5.74, 6) is -0.148. The minimum absolute atomic E-state index is 0.167. The predicted molar refractivity (Wildman–Crippen MR) is 52.1 cm³/mol. The van der Waals surface area contributed by atoms with E-state index in [-0.39, 0.29) is 11.6 Å². The normalized spacial score (nSPS) is 6.46. The summed E-state index contributed by atoms with van der Waals surface area (Å²) in [6.07, 6.45) is 1.06. The lowest BCUT2D eigenvalue weighted by atomic mass is 10.6. The van der Waals surface area contributed by atoms with Crippen molar-refractivity contribution in [2.75, 3.05) is 0 Å². The van der Waals surface area contributed by atoms with Gasteiger partial charge in [0.05, 0.1) is 0 Å². The SMILES string of the molecule is C=CC(N)=O.CC(C)=O.CC(C)=O. The molecule has 0 spiro atoms. The highest BCUT2D eigenvalue weighted by Crippen LogP contribution is 1.51. The van der Waals surface area contributed by atoms with Crippen LogP contribution in [0, 0.1) is 0 Å². The van der Waals surface area contributed by atoms with Gasteiger partial charge in [0.25, 0.3) is 0 Å². The fraction of sp³-hybridized carbons (Fsp3) is 0.444. The van der Waals surface area contributed by atoms with Crippen LogP contribution in [0.25, 0.3) is 0 Å². The highest BCUT2D eigenvalue weighted by Gasteiger charge is 1.69. The van der Waals surface area contributed by atoms with E-state index in [9.17, 15) is 14.4 Å². The lowest BCUT2D eigenvalue weighted by molar-refractivity contribution is -0.115. The van der Waals surface area contributed by atoms with Gasteiger partial charge in [-0.2, -0.15) is 0 Å². The summed E-state index contributed by atoms with van der Waals surface area (Å²) < 4.78 is 0. The summed E-state index contributed by atoms with van der Waals surface area (Å²) in [5.41, 5.74) is 4.53. The number of hydrogen-bond donors (Lipinski definition) is 1. The van der Waals surface area contributed by atoms with Gasteiger partial charge in [-0.15, -0.1) is 0 Å². The van der Waals surface area contributed by atoms with Gasteiger partial charge in [-0.1, -0.05) is 6.58 Å². The van der Waals surface area contributed by atoms with Crippen LogP contribution in [0.3, 0.4) is 0 Å². The van der Waals surface area contributed by atoms with Crippen LogP contribution in [0.15, 0.2) is 12.7 Å². The van der Waals surface area contributed by atoms with Gasteiger partial charge >= 0.3 is 0 Å². The van der Waals surface area contributed by atoms with E-state index in [1.54, 1.807) is 0 Å². The fourth-order valence-corrected chi connectivity index (χ4v) is 0. The number of rotatable bonds is 1. The lowest BCUT2D eigenvalue weighted by Gasteiger charge is -1.65. The molecule has 0 rings (SSSR count). The van der Waals surface area contributed by atoms with E-state index in [0.29, 0.717) is 0 Å². The molecule has 0 fully saturated rings. The molecule has 0 aliphatic heterocycles. The van der Waals surface area contributed by atoms with Crippen molar-refractivity contribution in [3.05, 3.63) is 12.7 Å². The second-order valence-electron chi connectivity index (χ2n) is 2.42. The summed E-state index contributed by atoms with van der Waals surface area (Å²) in [4.78, 5) is 28.4. The summed E-state index contributed by atoms with van der Waals surface area (Å²) >= 11 is 0. The van der Waals surface area contributed by atoms with Crippen LogP contribution in [0.2, 0.25) is 0 Å². The van der Waals surface area contributed by atoms with Crippen LogP contribution >= 0.6 is 0 Å². The molecule has 4 nitrogen and oxygen atoms in total. The van der Waals surface area contributed by atoms with Crippen LogP contribution in [-0.2, 0) is 14.4 Å². The van der Waals surface area contributed by atoms with E-state index in [0.717, 1.165) is 6.08 Å². The van der Waals surface area contributed by atoms with Crippen molar-refractivity contribution in [3.63, 3.8) is 0 Å². The third kappa shape index (κ3) is 2550.